The van der Waals surface area contributed by atoms with E-state index in [2.05, 4.69) is 62.1 Å². The van der Waals surface area contributed by atoms with Crippen molar-refractivity contribution in [2.75, 3.05) is 20.1 Å². The van der Waals surface area contributed by atoms with Gasteiger partial charge in [0.25, 0.3) is 0 Å². The minimum atomic E-state index is 0.827. The zero-order chi connectivity index (χ0) is 20.1. The Balaban J connectivity index is 1.23. The van der Waals surface area contributed by atoms with E-state index in [9.17, 15) is 0 Å². The minimum Gasteiger partial charge on any atom is -0.361 e. The number of aromatic amines is 1. The molecule has 1 aromatic carbocycles. The van der Waals surface area contributed by atoms with E-state index >= 15 is 0 Å². The fourth-order valence-corrected chi connectivity index (χ4v) is 3.70. The van der Waals surface area contributed by atoms with Gasteiger partial charge in [-0.15, -0.1) is 10.2 Å². The van der Waals surface area contributed by atoms with Crippen LogP contribution in [0.5, 0.6) is 0 Å². The molecule has 0 amide bonds. The van der Waals surface area contributed by atoms with Crippen molar-refractivity contribution < 1.29 is 0 Å². The largest absolute Gasteiger partial charge is 0.361 e. The molecule has 0 atom stereocenters. The lowest BCUT2D eigenvalue weighted by atomic mass is 10.1. The zero-order valence-corrected chi connectivity index (χ0v) is 16.9. The molecule has 3 N–H and O–H groups in total. The summed E-state index contributed by atoms with van der Waals surface area (Å²) < 4.78 is 2.04. The number of guanidine groups is 1. The second-order valence-corrected chi connectivity index (χ2v) is 7.14. The predicted molar refractivity (Wildman–Crippen MR) is 117 cm³/mol. The predicted octanol–water partition coefficient (Wildman–Crippen LogP) is 2.86. The van der Waals surface area contributed by atoms with Gasteiger partial charge in [-0.2, -0.15) is 0 Å². The van der Waals surface area contributed by atoms with Crippen molar-refractivity contribution in [2.24, 2.45) is 4.99 Å². The zero-order valence-electron chi connectivity index (χ0n) is 16.9. The summed E-state index contributed by atoms with van der Waals surface area (Å²) in [5.41, 5.74) is 4.73. The summed E-state index contributed by atoms with van der Waals surface area (Å²) in [6.07, 6.45) is 6.88. The van der Waals surface area contributed by atoms with Crippen molar-refractivity contribution >= 4 is 22.5 Å². The van der Waals surface area contributed by atoms with E-state index in [1.165, 1.54) is 22.0 Å². The third-order valence-corrected chi connectivity index (χ3v) is 5.16. The van der Waals surface area contributed by atoms with Crippen LogP contribution >= 0.6 is 0 Å². The maximum atomic E-state index is 4.32. The Morgan fingerprint density at radius 1 is 1.07 bits per heavy atom. The van der Waals surface area contributed by atoms with Crippen molar-refractivity contribution in [2.45, 2.75) is 26.2 Å². The van der Waals surface area contributed by atoms with Crippen LogP contribution in [0.4, 0.5) is 0 Å². The Labute approximate surface area is 170 Å². The molecule has 0 saturated heterocycles. The van der Waals surface area contributed by atoms with Crippen LogP contribution in [0.15, 0.2) is 53.8 Å². The van der Waals surface area contributed by atoms with Gasteiger partial charge in [-0.25, -0.2) is 0 Å². The number of hydrogen-bond donors (Lipinski definition) is 3. The highest BCUT2D eigenvalue weighted by molar-refractivity contribution is 5.86. The van der Waals surface area contributed by atoms with Crippen LogP contribution in [-0.4, -0.2) is 45.7 Å². The molecule has 0 bridgehead atoms. The number of aryl methyl sites for hydroxylation is 2. The first-order valence-corrected chi connectivity index (χ1v) is 10.0. The van der Waals surface area contributed by atoms with Crippen molar-refractivity contribution in [3.63, 3.8) is 0 Å². The molecule has 7 heteroatoms. The van der Waals surface area contributed by atoms with E-state index in [0.717, 1.165) is 49.8 Å². The van der Waals surface area contributed by atoms with E-state index < -0.39 is 0 Å². The Morgan fingerprint density at radius 3 is 2.86 bits per heavy atom. The highest BCUT2D eigenvalue weighted by Crippen LogP contribution is 2.22. The van der Waals surface area contributed by atoms with E-state index in [-0.39, 0.29) is 0 Å². The lowest BCUT2D eigenvalue weighted by Gasteiger charge is -2.11. The summed E-state index contributed by atoms with van der Waals surface area (Å²) >= 11 is 0. The van der Waals surface area contributed by atoms with Crippen LogP contribution in [0.1, 0.15) is 23.4 Å². The van der Waals surface area contributed by atoms with Gasteiger partial charge >= 0.3 is 0 Å². The lowest BCUT2D eigenvalue weighted by Crippen LogP contribution is -2.38. The number of aromatic nitrogens is 4. The van der Waals surface area contributed by atoms with Gasteiger partial charge in [-0.3, -0.25) is 9.39 Å². The summed E-state index contributed by atoms with van der Waals surface area (Å²) in [6, 6.07) is 12.3. The molecule has 0 spiro atoms. The molecule has 0 saturated carbocycles. The van der Waals surface area contributed by atoms with Crippen LogP contribution in [0.25, 0.3) is 16.6 Å². The number of nitrogens with zero attached hydrogens (tertiary/aromatic N) is 4. The smallest absolute Gasteiger partial charge is 0.190 e. The molecule has 0 unspecified atom stereocenters. The molecule has 4 rings (SSSR count). The number of fused-ring (bicyclic) bond motifs is 2. The number of pyridine rings is 1. The summed E-state index contributed by atoms with van der Waals surface area (Å²) in [5.74, 6) is 1.81. The lowest BCUT2D eigenvalue weighted by molar-refractivity contribution is 0.713. The summed E-state index contributed by atoms with van der Waals surface area (Å²) in [5, 5.41) is 16.6. The van der Waals surface area contributed by atoms with Gasteiger partial charge in [0.05, 0.1) is 0 Å². The molecule has 0 radical (unpaired) electrons. The molecule has 3 aromatic heterocycles. The van der Waals surface area contributed by atoms with Crippen LogP contribution in [0.3, 0.4) is 0 Å². The van der Waals surface area contributed by atoms with Crippen LogP contribution < -0.4 is 10.6 Å². The summed E-state index contributed by atoms with van der Waals surface area (Å²) in [7, 11) is 1.80. The fraction of sp³-hybridized carbons (Fsp3) is 0.318. The number of hydrogen-bond acceptors (Lipinski definition) is 3. The number of benzene rings is 1. The van der Waals surface area contributed by atoms with Gasteiger partial charge in [0.2, 0.25) is 0 Å². The van der Waals surface area contributed by atoms with E-state index in [1.807, 2.05) is 28.8 Å². The number of H-pyrrole nitrogens is 1. The molecule has 3 heterocycles. The first-order valence-electron chi connectivity index (χ1n) is 10.0. The number of nitrogens with one attached hydrogen (secondary N) is 3. The quantitative estimate of drug-likeness (QED) is 0.258. The van der Waals surface area contributed by atoms with Gasteiger partial charge in [0.1, 0.15) is 5.82 Å². The number of aliphatic imine (C=N–C) groups is 1. The maximum absolute atomic E-state index is 4.32. The average Bonchev–Trinajstić information content (AvgIpc) is 3.35. The summed E-state index contributed by atoms with van der Waals surface area (Å²) in [4.78, 5) is 7.69. The van der Waals surface area contributed by atoms with Crippen LogP contribution in [0.2, 0.25) is 0 Å². The van der Waals surface area contributed by atoms with Gasteiger partial charge in [-0.1, -0.05) is 18.2 Å². The fourth-order valence-electron chi connectivity index (χ4n) is 3.70. The molecule has 4 aromatic rings. The number of rotatable bonds is 7. The van der Waals surface area contributed by atoms with Crippen molar-refractivity contribution in [1.82, 2.24) is 30.2 Å². The average molecular weight is 390 g/mol. The molecule has 150 valence electrons. The monoisotopic (exact) mass is 389 g/mol. The first-order chi connectivity index (χ1) is 14.3. The normalized spacial score (nSPS) is 12.0. The van der Waals surface area contributed by atoms with Gasteiger partial charge in [0.15, 0.2) is 11.6 Å². The minimum absolute atomic E-state index is 0.827. The van der Waals surface area contributed by atoms with Crippen molar-refractivity contribution in [3.8, 4) is 0 Å². The van der Waals surface area contributed by atoms with Crippen molar-refractivity contribution in [3.05, 3.63) is 65.7 Å². The molecule has 0 fully saturated rings. The second-order valence-electron chi connectivity index (χ2n) is 7.14. The molecular formula is C22H27N7. The molecular weight excluding hydrogens is 362 g/mol. The third kappa shape index (κ3) is 4.23. The Morgan fingerprint density at radius 2 is 1.97 bits per heavy atom. The Hall–Kier alpha value is -3.35. The molecule has 29 heavy (non-hydrogen) atoms. The van der Waals surface area contributed by atoms with Crippen LogP contribution in [-0.2, 0) is 12.8 Å². The Kier molecular flexibility index (Phi) is 5.74. The third-order valence-electron chi connectivity index (χ3n) is 5.16. The van der Waals surface area contributed by atoms with Crippen molar-refractivity contribution in [1.29, 1.82) is 0 Å². The standard InChI is InChI=1S/C22H27N7/c1-16-7-5-8-18-21(16)17(15-26-18)11-13-25-22(23-2)24-12-6-10-20-28-27-19-9-3-4-14-29(19)20/h3-5,7-9,14-15,26H,6,10-13H2,1-2H3,(H2,23,24,25). The molecule has 0 aliphatic rings. The highest BCUT2D eigenvalue weighted by atomic mass is 15.2. The van der Waals surface area contributed by atoms with E-state index in [1.54, 1.807) is 7.05 Å². The van der Waals surface area contributed by atoms with Gasteiger partial charge < -0.3 is 15.6 Å². The topological polar surface area (TPSA) is 82.4 Å². The van der Waals surface area contributed by atoms with Gasteiger partial charge in [-0.05, 0) is 49.1 Å². The second kappa shape index (κ2) is 8.77. The first kappa shape index (κ1) is 19.0. The van der Waals surface area contributed by atoms with Crippen LogP contribution in [0, 0.1) is 6.92 Å². The van der Waals surface area contributed by atoms with E-state index in [0.29, 0.717) is 0 Å². The van der Waals surface area contributed by atoms with Gasteiger partial charge in [0, 0.05) is 49.9 Å². The molecule has 7 nitrogen and oxygen atoms in total. The highest BCUT2D eigenvalue weighted by Gasteiger charge is 2.07. The van der Waals surface area contributed by atoms with E-state index in [4.69, 9.17) is 0 Å². The SMILES string of the molecule is CN=C(NCCCc1nnc2ccccn12)NCCc1c[nH]c2cccc(C)c12. The molecule has 0 aliphatic carbocycles. The molecule has 0 aliphatic heterocycles. The maximum Gasteiger partial charge on any atom is 0.190 e. The summed E-state index contributed by atoms with van der Waals surface area (Å²) in [6.45, 7) is 3.82. The Bertz CT molecular complexity index is 1120.